The first-order valence-electron chi connectivity index (χ1n) is 8.72. The highest BCUT2D eigenvalue weighted by Crippen LogP contribution is 2.24. The van der Waals surface area contributed by atoms with Gasteiger partial charge in [-0.05, 0) is 74.0 Å². The second-order valence-corrected chi connectivity index (χ2v) is 6.18. The summed E-state index contributed by atoms with van der Waals surface area (Å²) in [4.78, 5) is 16.4. The molecule has 3 rings (SSSR count). The third-order valence-electron chi connectivity index (χ3n) is 3.89. The number of hydrogen-bond acceptors (Lipinski definition) is 5. The zero-order valence-electron chi connectivity index (χ0n) is 15.5. The molecule has 0 bridgehead atoms. The normalized spacial score (nSPS) is 11.2. The molecule has 28 heavy (non-hydrogen) atoms. The number of benzene rings is 2. The maximum absolute atomic E-state index is 12.2. The van der Waals surface area contributed by atoms with E-state index in [0.717, 1.165) is 5.56 Å². The summed E-state index contributed by atoms with van der Waals surface area (Å²) in [5.74, 6) is 2.00. The maximum atomic E-state index is 12.2. The lowest BCUT2D eigenvalue weighted by Crippen LogP contribution is -2.30. The minimum atomic E-state index is -0.687. The fourth-order valence-electron chi connectivity index (χ4n) is 2.35. The van der Waals surface area contributed by atoms with Crippen LogP contribution in [0.3, 0.4) is 0 Å². The Hall–Kier alpha value is -3.85. The molecule has 2 aromatic carbocycles. The lowest BCUT2D eigenvalue weighted by Gasteiger charge is -2.15. The summed E-state index contributed by atoms with van der Waals surface area (Å²) in [6.45, 7) is 3.60. The average Bonchev–Trinajstić information content (AvgIpc) is 2.71. The fourth-order valence-corrected chi connectivity index (χ4v) is 2.35. The number of nitrogens with one attached hydrogen (secondary N) is 1. The number of amides is 1. The molecule has 0 fully saturated rings. The highest BCUT2D eigenvalue weighted by molar-refractivity contribution is 5.93. The molecule has 1 N–H and O–H groups in total. The number of aromatic nitrogens is 1. The first-order valence-corrected chi connectivity index (χ1v) is 8.72. The predicted molar refractivity (Wildman–Crippen MR) is 105 cm³/mol. The molecule has 140 valence electrons. The number of nitrogens with zero attached hydrogens (tertiary/aromatic N) is 2. The molecule has 0 aliphatic rings. The fraction of sp³-hybridized carbons (Fsp3) is 0.136. The van der Waals surface area contributed by atoms with Gasteiger partial charge in [-0.2, -0.15) is 5.26 Å². The van der Waals surface area contributed by atoms with E-state index < -0.39 is 6.10 Å². The van der Waals surface area contributed by atoms with E-state index in [1.807, 2.05) is 13.0 Å². The van der Waals surface area contributed by atoms with Crippen LogP contribution in [0.4, 0.5) is 5.82 Å². The van der Waals surface area contributed by atoms with E-state index in [1.54, 1.807) is 67.7 Å². The molecule has 1 aromatic heterocycles. The van der Waals surface area contributed by atoms with Gasteiger partial charge in [0, 0.05) is 6.20 Å². The Balaban J connectivity index is 1.56. The molecule has 3 aromatic rings. The van der Waals surface area contributed by atoms with Crippen molar-refractivity contribution in [1.29, 1.82) is 5.26 Å². The lowest BCUT2D eigenvalue weighted by atomic mass is 10.2. The van der Waals surface area contributed by atoms with Crippen molar-refractivity contribution in [3.05, 3.63) is 78.0 Å². The number of carbonyl (C=O) groups is 1. The van der Waals surface area contributed by atoms with E-state index in [4.69, 9.17) is 14.7 Å². The zero-order valence-corrected chi connectivity index (χ0v) is 15.5. The molecular weight excluding hydrogens is 354 g/mol. The smallest absolute Gasteiger partial charge is 0.266 e. The Morgan fingerprint density at radius 1 is 1.00 bits per heavy atom. The van der Waals surface area contributed by atoms with Gasteiger partial charge in [-0.3, -0.25) is 4.79 Å². The third kappa shape index (κ3) is 5.08. The molecule has 1 amide bonds. The van der Waals surface area contributed by atoms with Crippen LogP contribution in [0.2, 0.25) is 0 Å². The summed E-state index contributed by atoms with van der Waals surface area (Å²) in [6.07, 6.45) is 1.00. The van der Waals surface area contributed by atoms with Crippen LogP contribution in [-0.4, -0.2) is 17.0 Å². The van der Waals surface area contributed by atoms with Crippen LogP contribution >= 0.6 is 0 Å². The number of rotatable bonds is 6. The van der Waals surface area contributed by atoms with E-state index in [1.165, 1.54) is 0 Å². The molecule has 0 aliphatic heterocycles. The molecule has 1 unspecified atom stereocenters. The quantitative estimate of drug-likeness (QED) is 0.689. The molecule has 0 spiro atoms. The van der Waals surface area contributed by atoms with Crippen LogP contribution in [0.25, 0.3) is 0 Å². The SMILES string of the molecule is Cc1ccc(NC(=O)C(C)Oc2ccc(Oc3ccc(C#N)cc3)cc2)nc1. The first-order chi connectivity index (χ1) is 13.5. The summed E-state index contributed by atoms with van der Waals surface area (Å²) >= 11 is 0. The molecule has 1 heterocycles. The van der Waals surface area contributed by atoms with E-state index in [0.29, 0.717) is 28.6 Å². The molecule has 6 heteroatoms. The van der Waals surface area contributed by atoms with Crippen molar-refractivity contribution in [3.8, 4) is 23.3 Å². The standard InChI is InChI=1S/C22H19N3O3/c1-15-3-12-21(24-14-15)25-22(26)16(2)27-18-8-10-20(11-9-18)28-19-6-4-17(13-23)5-7-19/h3-12,14,16H,1-2H3,(H,24,25,26). The minimum Gasteiger partial charge on any atom is -0.481 e. The van der Waals surface area contributed by atoms with E-state index in [9.17, 15) is 4.79 Å². The number of aryl methyl sites for hydroxylation is 1. The Morgan fingerprint density at radius 2 is 1.61 bits per heavy atom. The maximum Gasteiger partial charge on any atom is 0.266 e. The van der Waals surface area contributed by atoms with Gasteiger partial charge in [-0.1, -0.05) is 6.07 Å². The van der Waals surface area contributed by atoms with Gasteiger partial charge in [0.25, 0.3) is 5.91 Å². The highest BCUT2D eigenvalue weighted by atomic mass is 16.5. The molecular formula is C22H19N3O3. The summed E-state index contributed by atoms with van der Waals surface area (Å²) in [6, 6.07) is 19.5. The van der Waals surface area contributed by atoms with Crippen molar-refractivity contribution >= 4 is 11.7 Å². The molecule has 0 saturated heterocycles. The minimum absolute atomic E-state index is 0.283. The number of hydrogen-bond donors (Lipinski definition) is 1. The van der Waals surface area contributed by atoms with Gasteiger partial charge in [-0.15, -0.1) is 0 Å². The van der Waals surface area contributed by atoms with Gasteiger partial charge in [0.05, 0.1) is 11.6 Å². The molecule has 1 atom stereocenters. The van der Waals surface area contributed by atoms with Crippen molar-refractivity contribution in [1.82, 2.24) is 4.98 Å². The Kier molecular flexibility index (Phi) is 5.87. The van der Waals surface area contributed by atoms with Crippen molar-refractivity contribution < 1.29 is 14.3 Å². The monoisotopic (exact) mass is 373 g/mol. The van der Waals surface area contributed by atoms with Crippen LogP contribution in [0.15, 0.2) is 66.9 Å². The predicted octanol–water partition coefficient (Wildman–Crippen LogP) is 4.46. The zero-order chi connectivity index (χ0) is 19.9. The third-order valence-corrected chi connectivity index (χ3v) is 3.89. The second-order valence-electron chi connectivity index (χ2n) is 6.18. The lowest BCUT2D eigenvalue weighted by molar-refractivity contribution is -0.122. The summed E-state index contributed by atoms with van der Waals surface area (Å²) in [5.41, 5.74) is 1.59. The number of pyridine rings is 1. The van der Waals surface area contributed by atoms with Crippen molar-refractivity contribution in [3.63, 3.8) is 0 Å². The Labute approximate surface area is 163 Å². The van der Waals surface area contributed by atoms with Gasteiger partial charge < -0.3 is 14.8 Å². The summed E-state index contributed by atoms with van der Waals surface area (Å²) in [7, 11) is 0. The van der Waals surface area contributed by atoms with E-state index >= 15 is 0 Å². The summed E-state index contributed by atoms with van der Waals surface area (Å²) < 4.78 is 11.4. The Morgan fingerprint density at radius 3 is 2.18 bits per heavy atom. The molecule has 0 saturated carbocycles. The van der Waals surface area contributed by atoms with Gasteiger partial charge in [-0.25, -0.2) is 4.98 Å². The second kappa shape index (κ2) is 8.69. The number of nitriles is 1. The number of ether oxygens (including phenoxy) is 2. The van der Waals surface area contributed by atoms with E-state index in [-0.39, 0.29) is 5.91 Å². The first kappa shape index (κ1) is 18.9. The topological polar surface area (TPSA) is 84.2 Å². The van der Waals surface area contributed by atoms with Gasteiger partial charge in [0.2, 0.25) is 0 Å². The average molecular weight is 373 g/mol. The van der Waals surface area contributed by atoms with Gasteiger partial charge in [0.15, 0.2) is 6.10 Å². The largest absolute Gasteiger partial charge is 0.481 e. The Bertz CT molecular complexity index is 976. The van der Waals surface area contributed by atoms with Crippen molar-refractivity contribution in [2.24, 2.45) is 0 Å². The molecule has 0 radical (unpaired) electrons. The van der Waals surface area contributed by atoms with Crippen molar-refractivity contribution in [2.75, 3.05) is 5.32 Å². The van der Waals surface area contributed by atoms with Crippen LogP contribution < -0.4 is 14.8 Å². The molecule has 0 aliphatic carbocycles. The number of anilines is 1. The van der Waals surface area contributed by atoms with E-state index in [2.05, 4.69) is 16.4 Å². The van der Waals surface area contributed by atoms with Crippen LogP contribution in [-0.2, 0) is 4.79 Å². The van der Waals surface area contributed by atoms with Crippen LogP contribution in [0, 0.1) is 18.3 Å². The van der Waals surface area contributed by atoms with Crippen LogP contribution in [0.5, 0.6) is 17.2 Å². The number of carbonyl (C=O) groups excluding carboxylic acids is 1. The van der Waals surface area contributed by atoms with Crippen LogP contribution in [0.1, 0.15) is 18.1 Å². The highest BCUT2D eigenvalue weighted by Gasteiger charge is 2.15. The van der Waals surface area contributed by atoms with Gasteiger partial charge in [0.1, 0.15) is 23.1 Å². The van der Waals surface area contributed by atoms with Crippen molar-refractivity contribution in [2.45, 2.75) is 20.0 Å². The molecule has 6 nitrogen and oxygen atoms in total. The summed E-state index contributed by atoms with van der Waals surface area (Å²) in [5, 5.41) is 11.5. The van der Waals surface area contributed by atoms with Gasteiger partial charge >= 0.3 is 0 Å².